The van der Waals surface area contributed by atoms with E-state index >= 15 is 0 Å². The van der Waals surface area contributed by atoms with E-state index in [4.69, 9.17) is 4.42 Å². The number of anilines is 9. The fourth-order valence-electron chi connectivity index (χ4n) is 17.6. The van der Waals surface area contributed by atoms with E-state index in [-0.39, 0.29) is 10.8 Å². The second-order valence-corrected chi connectivity index (χ2v) is 35.1. The SMILES string of the molecule is Cc1ccc(N(c2cc3c(c4c2-c2ccccc2C4(C)C)-c2c(cc(N(c4ccc(C)cc4C)c4cccc5ccccc45)c4c2oc2ccccc24)C3(c2ccc(N(c3ccc(C(C)(C)C)cc3)c3ccc(C(C)(C)C)cc3)cc2)c2ccc([SiH](C)C)cc2)c2cccc3ccccc23)c(C)c1. The smallest absolute Gasteiger partial charge is 0.145 e. The molecule has 14 aromatic carbocycles. The molecule has 0 spiro atoms. The van der Waals surface area contributed by atoms with Crippen LogP contribution in [0.15, 0.2) is 283 Å². The first kappa shape index (κ1) is 65.3. The Kier molecular flexibility index (Phi) is 15.4. The van der Waals surface area contributed by atoms with E-state index in [1.165, 1.54) is 99.2 Å². The average molecular weight is 1350 g/mol. The number of aryl methyl sites for hydroxylation is 4. The molecule has 1 heterocycles. The van der Waals surface area contributed by atoms with Gasteiger partial charge in [-0.05, 0) is 195 Å². The lowest BCUT2D eigenvalue weighted by Gasteiger charge is -2.38. The van der Waals surface area contributed by atoms with Gasteiger partial charge in [0, 0.05) is 61.1 Å². The fraction of sp³-hybridized carbons (Fsp3) is 0.184. The standard InChI is InChI=1S/C98H89N3OSi/c1-61-37-55-82(63(3)57-61)100(84-34-23-27-65-25-15-17-29-75(65)84)86-59-80-91(93-89(86)77-31-19-21-33-79(77)97(93,11)12)92-81(60-87(90-78-32-20-22-36-88(78)102-94(90)92)101(83-56-38-62(2)58-64(83)4)85-35-24-28-66-26-16-18-30-76(66)85)98(80,70-45-53-74(54-46-70)103(13)14)69-43-51-73(52-44-69)99(71-47-39-67(40-48-71)95(5,6)7)72-49-41-68(42-50-72)96(8,9)10/h15-60,103H,1-14H3. The second-order valence-electron chi connectivity index (χ2n) is 32.1. The highest BCUT2D eigenvalue weighted by molar-refractivity contribution is 6.70. The van der Waals surface area contributed by atoms with Crippen LogP contribution in [0.4, 0.5) is 51.2 Å². The number of furan rings is 1. The quantitative estimate of drug-likeness (QED) is 0.114. The Hall–Kier alpha value is -11.0. The van der Waals surface area contributed by atoms with Gasteiger partial charge in [0.05, 0.1) is 42.3 Å². The van der Waals surface area contributed by atoms with Crippen molar-refractivity contribution in [2.45, 2.75) is 118 Å². The lowest BCUT2D eigenvalue weighted by molar-refractivity contribution is 0.590. The van der Waals surface area contributed by atoms with Gasteiger partial charge in [-0.15, -0.1) is 0 Å². The molecular formula is C98H89N3OSi. The van der Waals surface area contributed by atoms with E-state index in [1.54, 1.807) is 0 Å². The van der Waals surface area contributed by atoms with Gasteiger partial charge in [-0.25, -0.2) is 0 Å². The van der Waals surface area contributed by atoms with E-state index in [0.717, 1.165) is 89.6 Å². The van der Waals surface area contributed by atoms with Crippen LogP contribution < -0.4 is 19.9 Å². The molecule has 2 aliphatic carbocycles. The van der Waals surface area contributed by atoms with Gasteiger partial charge in [0.25, 0.3) is 0 Å². The topological polar surface area (TPSA) is 22.9 Å². The van der Waals surface area contributed by atoms with Gasteiger partial charge in [0.15, 0.2) is 0 Å². The van der Waals surface area contributed by atoms with E-state index in [1.807, 2.05) is 0 Å². The van der Waals surface area contributed by atoms with Crippen LogP contribution in [0.2, 0.25) is 13.1 Å². The molecule has 0 bridgehead atoms. The maximum atomic E-state index is 7.93. The molecule has 17 rings (SSSR count). The zero-order valence-electron chi connectivity index (χ0n) is 61.9. The van der Waals surface area contributed by atoms with Gasteiger partial charge in [-0.2, -0.15) is 0 Å². The number of benzene rings is 14. The zero-order chi connectivity index (χ0) is 71.2. The van der Waals surface area contributed by atoms with E-state index < -0.39 is 19.6 Å². The van der Waals surface area contributed by atoms with Gasteiger partial charge in [0.2, 0.25) is 0 Å². The summed E-state index contributed by atoms with van der Waals surface area (Å²) in [5.74, 6) is 0. The minimum absolute atomic E-state index is 0.0152. The van der Waals surface area contributed by atoms with Crippen molar-refractivity contribution in [1.29, 1.82) is 0 Å². The Morgan fingerprint density at radius 2 is 0.806 bits per heavy atom. The number of rotatable bonds is 12. The highest BCUT2D eigenvalue weighted by atomic mass is 28.3. The third kappa shape index (κ3) is 10.4. The second kappa shape index (κ2) is 24.4. The summed E-state index contributed by atoms with van der Waals surface area (Å²) in [7, 11) is -1.31. The molecule has 0 amide bonds. The Morgan fingerprint density at radius 1 is 0.359 bits per heavy atom. The third-order valence-corrected chi connectivity index (χ3v) is 24.4. The normalized spacial score (nSPS) is 14.5. The third-order valence-electron chi connectivity index (χ3n) is 22.7. The minimum Gasteiger partial charge on any atom is -0.455 e. The molecule has 103 heavy (non-hydrogen) atoms. The van der Waals surface area contributed by atoms with Crippen LogP contribution in [0, 0.1) is 27.7 Å². The zero-order valence-corrected chi connectivity index (χ0v) is 63.0. The van der Waals surface area contributed by atoms with Gasteiger partial charge in [-0.3, -0.25) is 0 Å². The summed E-state index contributed by atoms with van der Waals surface area (Å²) in [6.45, 7) is 32.7. The van der Waals surface area contributed by atoms with Crippen molar-refractivity contribution in [2.75, 3.05) is 14.7 Å². The largest absolute Gasteiger partial charge is 0.455 e. The van der Waals surface area contributed by atoms with Crippen molar-refractivity contribution in [1.82, 2.24) is 0 Å². The fourth-order valence-corrected chi connectivity index (χ4v) is 18.5. The Bertz CT molecular complexity index is 5810. The van der Waals surface area contributed by atoms with Gasteiger partial charge < -0.3 is 19.1 Å². The molecule has 4 nitrogen and oxygen atoms in total. The van der Waals surface area contributed by atoms with Crippen LogP contribution >= 0.6 is 0 Å². The van der Waals surface area contributed by atoms with Crippen LogP contribution in [0.5, 0.6) is 0 Å². The molecule has 5 heteroatoms. The first-order valence-electron chi connectivity index (χ1n) is 36.8. The van der Waals surface area contributed by atoms with Crippen LogP contribution in [-0.2, 0) is 21.7 Å². The average Bonchev–Trinajstić information content (AvgIpc) is 1.50. The maximum Gasteiger partial charge on any atom is 0.145 e. The molecule has 2 aliphatic rings. The molecule has 1 unspecified atom stereocenters. The minimum atomic E-state index is -1.31. The van der Waals surface area contributed by atoms with Crippen molar-refractivity contribution in [3.8, 4) is 22.3 Å². The predicted molar refractivity (Wildman–Crippen MR) is 443 cm³/mol. The first-order chi connectivity index (χ1) is 49.6. The van der Waals surface area contributed by atoms with Gasteiger partial charge >= 0.3 is 0 Å². The Labute approximate surface area is 609 Å². The lowest BCUT2D eigenvalue weighted by atomic mass is 9.66. The molecule has 0 N–H and O–H groups in total. The first-order valence-corrected chi connectivity index (χ1v) is 39.7. The molecule has 0 aliphatic heterocycles. The van der Waals surface area contributed by atoms with Crippen molar-refractivity contribution in [3.63, 3.8) is 0 Å². The molecule has 0 fully saturated rings. The van der Waals surface area contributed by atoms with Crippen molar-refractivity contribution in [3.05, 3.63) is 346 Å². The van der Waals surface area contributed by atoms with Gasteiger partial charge in [-0.1, -0.05) is 285 Å². The molecular weight excluding hydrogens is 1260 g/mol. The van der Waals surface area contributed by atoms with Crippen molar-refractivity contribution in [2.24, 2.45) is 0 Å². The molecule has 0 radical (unpaired) electrons. The molecule has 15 aromatic rings. The van der Waals surface area contributed by atoms with E-state index in [0.29, 0.717) is 0 Å². The summed E-state index contributed by atoms with van der Waals surface area (Å²) >= 11 is 0. The highest BCUT2D eigenvalue weighted by Gasteiger charge is 2.54. The summed E-state index contributed by atoms with van der Waals surface area (Å²) < 4.78 is 7.93. The maximum absolute atomic E-state index is 7.93. The number of nitrogens with zero attached hydrogens (tertiary/aromatic N) is 3. The summed E-state index contributed by atoms with van der Waals surface area (Å²) in [4.78, 5) is 7.67. The van der Waals surface area contributed by atoms with Crippen molar-refractivity contribution >= 4 is 109 Å². The van der Waals surface area contributed by atoms with Crippen LogP contribution in [0.25, 0.3) is 65.7 Å². The molecule has 1 aromatic heterocycles. The van der Waals surface area contributed by atoms with Crippen molar-refractivity contribution < 1.29 is 4.42 Å². The van der Waals surface area contributed by atoms with Crippen LogP contribution in [-0.4, -0.2) is 8.80 Å². The number of hydrogen-bond donors (Lipinski definition) is 0. The number of hydrogen-bond acceptors (Lipinski definition) is 4. The highest BCUT2D eigenvalue weighted by Crippen LogP contribution is 2.68. The Balaban J connectivity index is 1.07. The summed E-state index contributed by atoms with van der Waals surface area (Å²) in [5.41, 5.74) is 29.6. The Morgan fingerprint density at radius 3 is 1.33 bits per heavy atom. The molecule has 1 atom stereocenters. The molecule has 506 valence electrons. The van der Waals surface area contributed by atoms with E-state index in [9.17, 15) is 0 Å². The van der Waals surface area contributed by atoms with E-state index in [2.05, 4.69) is 390 Å². The number of fused-ring (bicyclic) bond motifs is 13. The summed E-state index contributed by atoms with van der Waals surface area (Å²) in [6.07, 6.45) is 0. The van der Waals surface area contributed by atoms with Crippen LogP contribution in [0.3, 0.4) is 0 Å². The summed E-state index contributed by atoms with van der Waals surface area (Å²) in [6, 6.07) is 107. The lowest BCUT2D eigenvalue weighted by Crippen LogP contribution is -2.31. The number of para-hydroxylation sites is 1. The van der Waals surface area contributed by atoms with Crippen LogP contribution in [0.1, 0.15) is 122 Å². The molecule has 0 saturated carbocycles. The molecule has 0 saturated heterocycles. The summed E-state index contributed by atoms with van der Waals surface area (Å²) in [5, 5.41) is 8.28. The monoisotopic (exact) mass is 1350 g/mol. The van der Waals surface area contributed by atoms with Gasteiger partial charge in [0.1, 0.15) is 11.2 Å². The predicted octanol–water partition coefficient (Wildman–Crippen LogP) is 26.5.